The minimum atomic E-state index is -8.18. The van der Waals surface area contributed by atoms with Crippen LogP contribution in [0.3, 0.4) is 0 Å². The summed E-state index contributed by atoms with van der Waals surface area (Å²) in [6.45, 7) is 0. The highest BCUT2D eigenvalue weighted by atomic mass is 35.8. The molecule has 0 saturated carbocycles. The second kappa shape index (κ2) is 6.79. The van der Waals surface area contributed by atoms with Gasteiger partial charge in [0.15, 0.2) is 0 Å². The van der Waals surface area contributed by atoms with Crippen LogP contribution in [0.15, 0.2) is 0 Å². The fraction of sp³-hybridized carbons (Fsp3) is 1.00. The first-order valence-corrected chi connectivity index (χ1v) is 10.6. The highest BCUT2D eigenvalue weighted by molar-refractivity contribution is 7.65. The Kier molecular flexibility index (Phi) is 6.80. The first-order valence-electron chi connectivity index (χ1n) is 5.61. The zero-order valence-corrected chi connectivity index (χ0v) is 14.8. The molecule has 0 unspecified atom stereocenters. The molecule has 19 heteroatoms. The number of hydrogen-bond donors (Lipinski definition) is 0. The van der Waals surface area contributed by atoms with Crippen molar-refractivity contribution in [2.24, 2.45) is 0 Å². The fourth-order valence-electron chi connectivity index (χ4n) is 1.29. The van der Waals surface area contributed by atoms with Gasteiger partial charge in [-0.1, -0.05) is 0 Å². The third-order valence-electron chi connectivity index (χ3n) is 2.86. The third kappa shape index (κ3) is 4.17. The molecule has 0 spiro atoms. The van der Waals surface area contributed by atoms with Gasteiger partial charge in [-0.05, 0) is 0 Å². The smallest absolute Gasteiger partial charge is 0.207 e. The van der Waals surface area contributed by atoms with Crippen molar-refractivity contribution < 1.29 is 65.9 Å². The molecule has 0 aromatic carbocycles. The maximum absolute atomic E-state index is 13.2. The first-order chi connectivity index (χ1) is 11.2. The van der Waals surface area contributed by atoms with Gasteiger partial charge in [0.2, 0.25) is 0 Å². The van der Waals surface area contributed by atoms with E-state index in [1.165, 1.54) is 0 Å². The van der Waals surface area contributed by atoms with Crippen LogP contribution in [0.1, 0.15) is 6.42 Å². The van der Waals surface area contributed by atoms with Gasteiger partial charge in [0.05, 0.1) is 6.42 Å². The van der Waals surface area contributed by atoms with Crippen molar-refractivity contribution in [2.75, 3.05) is 0 Å². The monoisotopic (exact) mass is 516 g/mol. The molecular formula is C8H2Cl3F15Si. The van der Waals surface area contributed by atoms with Gasteiger partial charge in [-0.25, -0.2) is 8.78 Å². The molecule has 0 atom stereocenters. The van der Waals surface area contributed by atoms with Crippen molar-refractivity contribution in [1.82, 2.24) is 0 Å². The SMILES string of the molecule is FC(F)(F)C(F)(F)C(F)(F)C(F)(F)C(F)(F)C(F)(F)CC(F)(F)[Si](Cl)(Cl)Cl. The minimum absolute atomic E-state index is 3.86. The Bertz CT molecular complexity index is 548. The van der Waals surface area contributed by atoms with E-state index in [0.29, 0.717) is 0 Å². The highest BCUT2D eigenvalue weighted by Crippen LogP contribution is 2.61. The summed E-state index contributed by atoms with van der Waals surface area (Å²) in [5.74, 6) is -39.2. The Labute approximate surface area is 153 Å². The average molecular weight is 518 g/mol. The molecule has 164 valence electrons. The van der Waals surface area contributed by atoms with Gasteiger partial charge < -0.3 is 0 Å². The summed E-state index contributed by atoms with van der Waals surface area (Å²) >= 11 is 13.7. The topological polar surface area (TPSA) is 0 Å². The second-order valence-electron chi connectivity index (χ2n) is 4.88. The maximum atomic E-state index is 13.2. The molecule has 0 heterocycles. The van der Waals surface area contributed by atoms with Crippen LogP contribution < -0.4 is 0 Å². The van der Waals surface area contributed by atoms with Crippen molar-refractivity contribution in [3.05, 3.63) is 0 Å². The van der Waals surface area contributed by atoms with Gasteiger partial charge in [-0.2, -0.15) is 57.1 Å². The summed E-state index contributed by atoms with van der Waals surface area (Å²) in [6, 6.07) is -5.74. The standard InChI is InChI=1S/C8H2Cl3F15Si/c9-27(10,11)3(14,15)1-2(12,13)4(16,17)5(18,19)6(20,21)7(22,23)8(24,25)26/h1H2. The highest BCUT2D eigenvalue weighted by Gasteiger charge is 2.91. The lowest BCUT2D eigenvalue weighted by atomic mass is 9.92. The molecule has 0 N–H and O–H groups in total. The maximum Gasteiger partial charge on any atom is 0.460 e. The average Bonchev–Trinajstić information content (AvgIpc) is 2.33. The zero-order valence-electron chi connectivity index (χ0n) is 11.5. The van der Waals surface area contributed by atoms with Gasteiger partial charge in [0.25, 0.3) is 5.55 Å². The Morgan fingerprint density at radius 1 is 0.481 bits per heavy atom. The summed E-state index contributed by atoms with van der Waals surface area (Å²) in [4.78, 5) is 0. The lowest BCUT2D eigenvalue weighted by molar-refractivity contribution is -0.441. The van der Waals surface area contributed by atoms with Crippen LogP contribution in [-0.4, -0.2) is 47.3 Å². The summed E-state index contributed by atoms with van der Waals surface area (Å²) in [5, 5.41) is 0. The van der Waals surface area contributed by atoms with E-state index in [1.54, 1.807) is 0 Å². The van der Waals surface area contributed by atoms with E-state index in [9.17, 15) is 65.9 Å². The molecule has 0 aliphatic rings. The van der Waals surface area contributed by atoms with Crippen molar-refractivity contribution in [3.8, 4) is 0 Å². The molecular weight excluding hydrogens is 516 g/mol. The number of hydrogen-bond acceptors (Lipinski definition) is 0. The van der Waals surface area contributed by atoms with Crippen molar-refractivity contribution >= 4 is 39.2 Å². The molecule has 27 heavy (non-hydrogen) atoms. The lowest BCUT2D eigenvalue weighted by Crippen LogP contribution is -2.70. The Balaban J connectivity index is 6.32. The Hall–Kier alpha value is 0.0369. The summed E-state index contributed by atoms with van der Waals surface area (Å²) in [6.07, 6.45) is -11.5. The van der Waals surface area contributed by atoms with Gasteiger partial charge in [0, 0.05) is 0 Å². The molecule has 0 nitrogen and oxygen atoms in total. The van der Waals surface area contributed by atoms with Crippen molar-refractivity contribution in [2.45, 2.75) is 47.8 Å². The fourth-order valence-corrected chi connectivity index (χ4v) is 2.32. The molecule has 0 aliphatic heterocycles. The quantitative estimate of drug-likeness (QED) is 0.195. The van der Waals surface area contributed by atoms with Crippen LogP contribution in [-0.2, 0) is 0 Å². The molecule has 0 radical (unpaired) electrons. The normalized spacial score (nSPS) is 16.7. The Morgan fingerprint density at radius 2 is 0.778 bits per heavy atom. The van der Waals surface area contributed by atoms with Gasteiger partial charge >= 0.3 is 41.8 Å². The van der Waals surface area contributed by atoms with Crippen molar-refractivity contribution in [1.29, 1.82) is 0 Å². The number of rotatable bonds is 7. The molecule has 0 saturated heterocycles. The van der Waals surface area contributed by atoms with Crippen LogP contribution in [0.5, 0.6) is 0 Å². The molecule has 0 amide bonds. The lowest BCUT2D eigenvalue weighted by Gasteiger charge is -2.40. The van der Waals surface area contributed by atoms with Gasteiger partial charge in [-0.3, -0.25) is 0 Å². The first kappa shape index (κ1) is 27.0. The van der Waals surface area contributed by atoms with E-state index in [1.807, 2.05) is 0 Å². The van der Waals surface area contributed by atoms with Crippen LogP contribution in [0, 0.1) is 0 Å². The van der Waals surface area contributed by atoms with E-state index in [-0.39, 0.29) is 0 Å². The zero-order chi connectivity index (χ0) is 22.7. The molecule has 0 rings (SSSR count). The van der Waals surface area contributed by atoms with E-state index in [4.69, 9.17) is 0 Å². The summed E-state index contributed by atoms with van der Waals surface area (Å²) in [5.41, 5.74) is -5.50. The van der Waals surface area contributed by atoms with Crippen LogP contribution >= 0.6 is 33.2 Å². The predicted molar refractivity (Wildman–Crippen MR) is 63.7 cm³/mol. The van der Waals surface area contributed by atoms with Gasteiger partial charge in [0.1, 0.15) is 0 Å². The third-order valence-corrected chi connectivity index (χ3v) is 6.35. The number of halogens is 18. The van der Waals surface area contributed by atoms with E-state index >= 15 is 0 Å². The largest absolute Gasteiger partial charge is 0.460 e. The molecule has 0 fully saturated rings. The van der Waals surface area contributed by atoms with E-state index in [0.717, 1.165) is 0 Å². The summed E-state index contributed by atoms with van der Waals surface area (Å²) < 4.78 is 191. The van der Waals surface area contributed by atoms with Crippen molar-refractivity contribution in [3.63, 3.8) is 0 Å². The van der Waals surface area contributed by atoms with E-state index < -0.39 is 53.8 Å². The summed E-state index contributed by atoms with van der Waals surface area (Å²) in [7, 11) is 0. The van der Waals surface area contributed by atoms with Crippen LogP contribution in [0.2, 0.25) is 0 Å². The van der Waals surface area contributed by atoms with Crippen LogP contribution in [0.25, 0.3) is 0 Å². The predicted octanol–water partition coefficient (Wildman–Crippen LogP) is 6.95. The molecule has 0 aromatic heterocycles. The molecule has 0 bridgehead atoms. The molecule has 0 aliphatic carbocycles. The van der Waals surface area contributed by atoms with Crippen LogP contribution in [0.4, 0.5) is 65.9 Å². The van der Waals surface area contributed by atoms with E-state index in [2.05, 4.69) is 33.2 Å². The second-order valence-corrected chi connectivity index (χ2v) is 13.4. The molecule has 0 aromatic rings. The number of alkyl halides is 15. The minimum Gasteiger partial charge on any atom is -0.207 e. The van der Waals surface area contributed by atoms with Gasteiger partial charge in [-0.15, -0.1) is 33.2 Å². The Morgan fingerprint density at radius 3 is 1.04 bits per heavy atom.